The molecule has 4 nitrogen and oxygen atoms in total. The monoisotopic (exact) mass is 282 g/mol. The first kappa shape index (κ1) is 14.7. The second-order valence-corrected chi connectivity index (χ2v) is 5.22. The lowest BCUT2D eigenvalue weighted by Gasteiger charge is -2.15. The van der Waals surface area contributed by atoms with Crippen molar-refractivity contribution in [3.8, 4) is 0 Å². The lowest BCUT2D eigenvalue weighted by molar-refractivity contribution is -0.138. The molecule has 0 fully saturated rings. The van der Waals surface area contributed by atoms with Crippen LogP contribution in [-0.4, -0.2) is 22.1 Å². The van der Waals surface area contributed by atoms with Crippen LogP contribution in [0.2, 0.25) is 0 Å². The first-order valence-electron chi connectivity index (χ1n) is 5.22. The van der Waals surface area contributed by atoms with E-state index in [1.807, 2.05) is 13.8 Å². The zero-order valence-electron chi connectivity index (χ0n) is 9.78. The molecule has 0 aromatic carbocycles. The summed E-state index contributed by atoms with van der Waals surface area (Å²) < 4.78 is 37.0. The van der Waals surface area contributed by atoms with E-state index in [-0.39, 0.29) is 11.0 Å². The Morgan fingerprint density at radius 3 is 2.56 bits per heavy atom. The summed E-state index contributed by atoms with van der Waals surface area (Å²) in [5.74, 6) is -0.992. The molecule has 0 aliphatic rings. The van der Waals surface area contributed by atoms with E-state index in [1.54, 1.807) is 0 Å². The molecule has 1 aromatic rings. The molecule has 2 N–H and O–H groups in total. The molecule has 8 heteroatoms. The minimum Gasteiger partial charge on any atom is -0.480 e. The third-order valence-corrected chi connectivity index (χ3v) is 3.06. The SMILES string of the molecule is CC(C)CC(Nc1ncc(C(F)(F)F)s1)C(=O)O. The van der Waals surface area contributed by atoms with Gasteiger partial charge in [0.25, 0.3) is 0 Å². The average Bonchev–Trinajstić information content (AvgIpc) is 2.63. The molecular weight excluding hydrogens is 269 g/mol. The molecule has 0 spiro atoms. The molecule has 1 unspecified atom stereocenters. The Morgan fingerprint density at radius 1 is 1.56 bits per heavy atom. The van der Waals surface area contributed by atoms with Crippen molar-refractivity contribution in [2.24, 2.45) is 5.92 Å². The summed E-state index contributed by atoms with van der Waals surface area (Å²) in [5, 5.41) is 11.4. The normalized spacial score (nSPS) is 13.7. The van der Waals surface area contributed by atoms with E-state index in [0.717, 1.165) is 0 Å². The molecular formula is C10H13F3N2O2S. The number of hydrogen-bond donors (Lipinski definition) is 2. The molecule has 18 heavy (non-hydrogen) atoms. The zero-order valence-corrected chi connectivity index (χ0v) is 10.6. The van der Waals surface area contributed by atoms with Crippen molar-refractivity contribution in [1.29, 1.82) is 0 Å². The van der Waals surface area contributed by atoms with Crippen LogP contribution < -0.4 is 5.32 Å². The Morgan fingerprint density at radius 2 is 2.17 bits per heavy atom. The Bertz CT molecular complexity index is 418. The average molecular weight is 282 g/mol. The number of rotatable bonds is 5. The lowest BCUT2D eigenvalue weighted by Crippen LogP contribution is -2.30. The van der Waals surface area contributed by atoms with Crippen molar-refractivity contribution < 1.29 is 23.1 Å². The topological polar surface area (TPSA) is 62.2 Å². The van der Waals surface area contributed by atoms with Crippen LogP contribution in [0.3, 0.4) is 0 Å². The number of aromatic nitrogens is 1. The van der Waals surface area contributed by atoms with Crippen LogP contribution in [0.5, 0.6) is 0 Å². The second-order valence-electron chi connectivity index (χ2n) is 4.19. The van der Waals surface area contributed by atoms with Crippen LogP contribution in [0, 0.1) is 5.92 Å². The summed E-state index contributed by atoms with van der Waals surface area (Å²) in [7, 11) is 0. The predicted molar refractivity (Wildman–Crippen MR) is 61.6 cm³/mol. The minimum absolute atomic E-state index is 0.0321. The first-order chi connectivity index (χ1) is 8.20. The third kappa shape index (κ3) is 4.17. The predicted octanol–water partition coefficient (Wildman–Crippen LogP) is 3.07. The van der Waals surface area contributed by atoms with Gasteiger partial charge in [-0.25, -0.2) is 9.78 Å². The number of aliphatic carboxylic acids is 1. The number of anilines is 1. The molecule has 0 bridgehead atoms. The number of nitrogens with one attached hydrogen (secondary N) is 1. The van der Waals surface area contributed by atoms with Crippen molar-refractivity contribution in [3.63, 3.8) is 0 Å². The summed E-state index contributed by atoms with van der Waals surface area (Å²) in [6.07, 6.45) is -3.44. The molecule has 0 aliphatic carbocycles. The van der Waals surface area contributed by atoms with Crippen LogP contribution in [0.15, 0.2) is 6.20 Å². The van der Waals surface area contributed by atoms with Gasteiger partial charge in [0, 0.05) is 0 Å². The number of hydrogen-bond acceptors (Lipinski definition) is 4. The van der Waals surface area contributed by atoms with Crippen molar-refractivity contribution in [1.82, 2.24) is 4.98 Å². The maximum Gasteiger partial charge on any atom is 0.427 e. The quantitative estimate of drug-likeness (QED) is 0.871. The Hall–Kier alpha value is -1.31. The molecule has 1 rings (SSSR count). The van der Waals surface area contributed by atoms with Crippen LogP contribution in [0.25, 0.3) is 0 Å². The third-order valence-electron chi connectivity index (χ3n) is 2.09. The smallest absolute Gasteiger partial charge is 0.427 e. The van der Waals surface area contributed by atoms with Gasteiger partial charge in [0.1, 0.15) is 10.9 Å². The van der Waals surface area contributed by atoms with Gasteiger partial charge in [-0.2, -0.15) is 13.2 Å². The van der Waals surface area contributed by atoms with E-state index < -0.39 is 23.1 Å². The Labute approximate surface area is 106 Å². The van der Waals surface area contributed by atoms with Gasteiger partial charge in [-0.05, 0) is 12.3 Å². The molecule has 1 heterocycles. The highest BCUT2D eigenvalue weighted by molar-refractivity contribution is 7.15. The highest BCUT2D eigenvalue weighted by Crippen LogP contribution is 2.35. The fourth-order valence-corrected chi connectivity index (χ4v) is 2.05. The molecule has 1 aromatic heterocycles. The molecule has 0 radical (unpaired) electrons. The van der Waals surface area contributed by atoms with Crippen molar-refractivity contribution in [3.05, 3.63) is 11.1 Å². The van der Waals surface area contributed by atoms with Crippen LogP contribution in [0.1, 0.15) is 25.1 Å². The number of carbonyl (C=O) groups is 1. The first-order valence-corrected chi connectivity index (χ1v) is 6.04. The van der Waals surface area contributed by atoms with E-state index in [1.165, 1.54) is 0 Å². The van der Waals surface area contributed by atoms with Gasteiger partial charge in [-0.1, -0.05) is 25.2 Å². The molecule has 0 saturated carbocycles. The van der Waals surface area contributed by atoms with Gasteiger partial charge in [0.15, 0.2) is 5.13 Å². The molecule has 102 valence electrons. The fourth-order valence-electron chi connectivity index (χ4n) is 1.31. The van der Waals surface area contributed by atoms with Gasteiger partial charge in [0.05, 0.1) is 6.20 Å². The van der Waals surface area contributed by atoms with E-state index in [9.17, 15) is 18.0 Å². The lowest BCUT2D eigenvalue weighted by atomic mass is 10.0. The second kappa shape index (κ2) is 5.55. The van der Waals surface area contributed by atoms with E-state index in [2.05, 4.69) is 10.3 Å². The van der Waals surface area contributed by atoms with E-state index in [4.69, 9.17) is 5.11 Å². The number of carboxylic acids is 1. The van der Waals surface area contributed by atoms with Crippen LogP contribution in [-0.2, 0) is 11.0 Å². The minimum atomic E-state index is -4.45. The van der Waals surface area contributed by atoms with Crippen LogP contribution in [0.4, 0.5) is 18.3 Å². The van der Waals surface area contributed by atoms with Crippen molar-refractivity contribution in [2.75, 3.05) is 5.32 Å². The van der Waals surface area contributed by atoms with E-state index >= 15 is 0 Å². The molecule has 0 aliphatic heterocycles. The summed E-state index contributed by atoms with van der Waals surface area (Å²) >= 11 is 0.402. The van der Waals surface area contributed by atoms with Crippen LogP contribution >= 0.6 is 11.3 Å². The summed E-state index contributed by atoms with van der Waals surface area (Å²) in [6, 6.07) is -0.933. The maximum absolute atomic E-state index is 12.3. The largest absolute Gasteiger partial charge is 0.480 e. The number of halogens is 3. The fraction of sp³-hybridized carbons (Fsp3) is 0.600. The number of thiazole rings is 1. The van der Waals surface area contributed by atoms with Gasteiger partial charge >= 0.3 is 12.1 Å². The number of alkyl halides is 3. The highest BCUT2D eigenvalue weighted by atomic mass is 32.1. The van der Waals surface area contributed by atoms with Gasteiger partial charge < -0.3 is 10.4 Å². The Kier molecular flexibility index (Phi) is 4.55. The number of nitrogens with zero attached hydrogens (tertiary/aromatic N) is 1. The molecule has 1 atom stereocenters. The molecule has 0 saturated heterocycles. The number of carboxylic acid groups (broad SMARTS) is 1. The zero-order chi connectivity index (χ0) is 13.9. The standard InChI is InChI=1S/C10H13F3N2O2S/c1-5(2)3-6(8(16)17)15-9-14-4-7(18-9)10(11,12)13/h4-6H,3H2,1-2H3,(H,14,15)(H,16,17). The molecule has 0 amide bonds. The summed E-state index contributed by atoms with van der Waals surface area (Å²) in [5.41, 5.74) is 0. The Balaban J connectivity index is 2.76. The van der Waals surface area contributed by atoms with Gasteiger partial charge in [-0.3, -0.25) is 0 Å². The van der Waals surface area contributed by atoms with Crippen molar-refractivity contribution in [2.45, 2.75) is 32.5 Å². The van der Waals surface area contributed by atoms with Gasteiger partial charge in [-0.15, -0.1) is 0 Å². The summed E-state index contributed by atoms with van der Waals surface area (Å²) in [4.78, 5) is 13.6. The maximum atomic E-state index is 12.3. The summed E-state index contributed by atoms with van der Waals surface area (Å²) in [6.45, 7) is 3.67. The van der Waals surface area contributed by atoms with E-state index in [0.29, 0.717) is 24.0 Å². The van der Waals surface area contributed by atoms with Crippen molar-refractivity contribution >= 4 is 22.4 Å². The highest BCUT2D eigenvalue weighted by Gasteiger charge is 2.33. The van der Waals surface area contributed by atoms with Gasteiger partial charge in [0.2, 0.25) is 0 Å².